The van der Waals surface area contributed by atoms with Crippen molar-refractivity contribution in [2.75, 3.05) is 0 Å². The molecule has 1 aromatic carbocycles. The first-order valence-electron chi connectivity index (χ1n) is 3.22. The van der Waals surface area contributed by atoms with Crippen molar-refractivity contribution >= 4 is 26.6 Å². The Morgan fingerprint density at radius 3 is 1.85 bits per heavy atom. The van der Waals surface area contributed by atoms with Gasteiger partial charge >= 0.3 is 0 Å². The smallest absolute Gasteiger partial charge is 0.153 e. The highest BCUT2D eigenvalue weighted by molar-refractivity contribution is 6.41. The van der Waals surface area contributed by atoms with Gasteiger partial charge in [-0.05, 0) is 10.9 Å². The second-order valence-electron chi connectivity index (χ2n) is 2.36. The molecular formula is C7H3B2NO3. The lowest BCUT2D eigenvalue weighted by Gasteiger charge is -2.10. The van der Waals surface area contributed by atoms with Crippen LogP contribution in [-0.2, 0) is 0 Å². The molecule has 0 atom stereocenters. The van der Waals surface area contributed by atoms with E-state index in [2.05, 4.69) is 0 Å². The fourth-order valence-corrected chi connectivity index (χ4v) is 0.861. The molecule has 4 radical (unpaired) electrons. The predicted molar refractivity (Wildman–Crippen MR) is 46.9 cm³/mol. The van der Waals surface area contributed by atoms with Crippen molar-refractivity contribution in [3.05, 3.63) is 5.56 Å². The highest BCUT2D eigenvalue weighted by Crippen LogP contribution is 2.25. The largest absolute Gasteiger partial charge is 0.507 e. The molecule has 4 nitrogen and oxygen atoms in total. The molecule has 0 amide bonds. The summed E-state index contributed by atoms with van der Waals surface area (Å²) < 4.78 is 0. The third-order valence-corrected chi connectivity index (χ3v) is 1.61. The van der Waals surface area contributed by atoms with E-state index in [1.165, 1.54) is 0 Å². The van der Waals surface area contributed by atoms with E-state index in [4.69, 9.17) is 31.2 Å². The van der Waals surface area contributed by atoms with Gasteiger partial charge < -0.3 is 15.3 Å². The lowest BCUT2D eigenvalue weighted by molar-refractivity contribution is 0.404. The van der Waals surface area contributed by atoms with E-state index in [1.807, 2.05) is 0 Å². The van der Waals surface area contributed by atoms with Crippen molar-refractivity contribution < 1.29 is 15.3 Å². The minimum atomic E-state index is -0.728. The van der Waals surface area contributed by atoms with Gasteiger partial charge in [-0.15, -0.1) is 0 Å². The van der Waals surface area contributed by atoms with Gasteiger partial charge in [0.15, 0.2) is 11.5 Å². The first kappa shape index (κ1) is 9.33. The average molecular weight is 171 g/mol. The van der Waals surface area contributed by atoms with Crippen LogP contribution in [0.3, 0.4) is 0 Å². The zero-order chi connectivity index (χ0) is 10.2. The summed E-state index contributed by atoms with van der Waals surface area (Å²) in [6.45, 7) is 0. The van der Waals surface area contributed by atoms with Crippen molar-refractivity contribution in [2.24, 2.45) is 0 Å². The van der Waals surface area contributed by atoms with E-state index in [0.29, 0.717) is 0 Å². The Labute approximate surface area is 76.9 Å². The highest BCUT2D eigenvalue weighted by Gasteiger charge is 2.16. The zero-order valence-corrected chi connectivity index (χ0v) is 6.44. The van der Waals surface area contributed by atoms with Crippen LogP contribution in [-0.4, -0.2) is 31.0 Å². The van der Waals surface area contributed by atoms with Gasteiger partial charge in [0.05, 0.1) is 5.56 Å². The van der Waals surface area contributed by atoms with Gasteiger partial charge in [-0.2, -0.15) is 5.26 Å². The highest BCUT2D eigenvalue weighted by atomic mass is 16.3. The summed E-state index contributed by atoms with van der Waals surface area (Å²) in [5.41, 5.74) is -1.22. The van der Waals surface area contributed by atoms with Crippen LogP contribution in [0, 0.1) is 11.3 Å². The fourth-order valence-electron chi connectivity index (χ4n) is 0.861. The third kappa shape index (κ3) is 1.18. The van der Waals surface area contributed by atoms with Gasteiger partial charge in [-0.25, -0.2) is 0 Å². The number of nitriles is 1. The normalized spacial score (nSPS) is 9.46. The van der Waals surface area contributed by atoms with Gasteiger partial charge in [0, 0.05) is 0 Å². The number of hydrogen-bond donors (Lipinski definition) is 3. The van der Waals surface area contributed by atoms with Gasteiger partial charge in [-0.1, -0.05) is 0 Å². The first-order valence-corrected chi connectivity index (χ1v) is 3.22. The molecule has 0 aromatic heterocycles. The number of benzene rings is 1. The Morgan fingerprint density at radius 2 is 1.38 bits per heavy atom. The Balaban J connectivity index is 3.69. The summed E-state index contributed by atoms with van der Waals surface area (Å²) in [4.78, 5) is 0. The van der Waals surface area contributed by atoms with Gasteiger partial charge in [0.2, 0.25) is 0 Å². The second-order valence-corrected chi connectivity index (χ2v) is 2.36. The molecule has 0 unspecified atom stereocenters. The first-order chi connectivity index (χ1) is 6.00. The molecule has 0 fully saturated rings. The topological polar surface area (TPSA) is 84.5 Å². The van der Waals surface area contributed by atoms with Crippen LogP contribution in [0.1, 0.15) is 5.56 Å². The van der Waals surface area contributed by atoms with Crippen molar-refractivity contribution in [1.29, 1.82) is 5.26 Å². The van der Waals surface area contributed by atoms with Crippen LogP contribution in [0.5, 0.6) is 17.2 Å². The molecule has 1 rings (SSSR count). The van der Waals surface area contributed by atoms with Crippen LogP contribution in [0.4, 0.5) is 0 Å². The molecule has 0 aliphatic rings. The van der Waals surface area contributed by atoms with E-state index < -0.39 is 28.2 Å². The summed E-state index contributed by atoms with van der Waals surface area (Å²) >= 11 is 0. The van der Waals surface area contributed by atoms with E-state index in [-0.39, 0.29) is 5.56 Å². The number of rotatable bonds is 0. The van der Waals surface area contributed by atoms with Crippen molar-refractivity contribution in [3.8, 4) is 23.3 Å². The molecule has 13 heavy (non-hydrogen) atoms. The fraction of sp³-hybridized carbons (Fsp3) is 0. The maximum Gasteiger partial charge on any atom is 0.153 e. The Bertz CT molecular complexity index is 382. The number of phenolic OH excluding ortho intramolecular Hbond substituents is 3. The minimum absolute atomic E-state index is 0.354. The maximum absolute atomic E-state index is 9.19. The molecule has 3 N–H and O–H groups in total. The predicted octanol–water partition coefficient (Wildman–Crippen LogP) is -1.74. The van der Waals surface area contributed by atoms with Crippen LogP contribution in [0.15, 0.2) is 0 Å². The Morgan fingerprint density at radius 1 is 0.923 bits per heavy atom. The molecule has 0 saturated carbocycles. The summed E-state index contributed by atoms with van der Waals surface area (Å²) in [7, 11) is 10.4. The van der Waals surface area contributed by atoms with E-state index in [9.17, 15) is 5.11 Å². The molecule has 6 heteroatoms. The zero-order valence-electron chi connectivity index (χ0n) is 6.44. The monoisotopic (exact) mass is 171 g/mol. The summed E-state index contributed by atoms with van der Waals surface area (Å²) in [6.07, 6.45) is 0. The summed E-state index contributed by atoms with van der Waals surface area (Å²) in [6, 6.07) is 1.55. The van der Waals surface area contributed by atoms with Crippen molar-refractivity contribution in [1.82, 2.24) is 0 Å². The molecule has 0 aliphatic carbocycles. The van der Waals surface area contributed by atoms with Crippen LogP contribution in [0.25, 0.3) is 0 Å². The number of phenols is 3. The molecule has 60 valence electrons. The quantitative estimate of drug-likeness (QED) is 0.245. The van der Waals surface area contributed by atoms with Gasteiger partial charge in [-0.3, -0.25) is 0 Å². The second kappa shape index (κ2) is 2.94. The van der Waals surface area contributed by atoms with E-state index >= 15 is 0 Å². The molecule has 0 aliphatic heterocycles. The van der Waals surface area contributed by atoms with Gasteiger partial charge in [0.1, 0.15) is 27.5 Å². The molecule has 1 aromatic rings. The molecule has 0 spiro atoms. The third-order valence-electron chi connectivity index (χ3n) is 1.61. The van der Waals surface area contributed by atoms with Crippen molar-refractivity contribution in [2.45, 2.75) is 0 Å². The number of aromatic hydroxyl groups is 3. The minimum Gasteiger partial charge on any atom is -0.507 e. The summed E-state index contributed by atoms with van der Waals surface area (Å²) in [5, 5.41) is 35.9. The number of hydrogen-bond acceptors (Lipinski definition) is 4. The van der Waals surface area contributed by atoms with E-state index in [1.54, 1.807) is 6.07 Å². The molecule has 0 saturated heterocycles. The maximum atomic E-state index is 9.19. The van der Waals surface area contributed by atoms with Crippen LogP contribution < -0.4 is 10.9 Å². The molecular weight excluding hydrogens is 168 g/mol. The SMILES string of the molecule is [B]c1c(O)c(O)c([B])c(C#N)c1O. The Kier molecular flexibility index (Phi) is 2.11. The molecule has 0 heterocycles. The summed E-state index contributed by atoms with van der Waals surface area (Å²) in [5.74, 6) is -2.06. The average Bonchev–Trinajstić information content (AvgIpc) is 2.13. The lowest BCUT2D eigenvalue weighted by Crippen LogP contribution is -2.17. The molecule has 0 bridgehead atoms. The van der Waals surface area contributed by atoms with Crippen molar-refractivity contribution in [3.63, 3.8) is 0 Å². The van der Waals surface area contributed by atoms with Crippen LogP contribution >= 0.6 is 0 Å². The lowest BCUT2D eigenvalue weighted by atomic mass is 9.82. The standard InChI is InChI=1S/C7H3B2NO3/c8-3-2(1-10)5(11)4(9)7(13)6(3)12/h11-13H. The number of nitrogens with zero attached hydrogens (tertiary/aromatic N) is 1. The van der Waals surface area contributed by atoms with E-state index in [0.717, 1.165) is 0 Å². The van der Waals surface area contributed by atoms with Gasteiger partial charge in [0.25, 0.3) is 0 Å². The van der Waals surface area contributed by atoms with Crippen LogP contribution in [0.2, 0.25) is 0 Å². The Hall–Kier alpha value is -1.76.